The Kier molecular flexibility index (Phi) is 10.7. The number of ether oxygens (including phenoxy) is 1. The first-order chi connectivity index (χ1) is 14.7. The number of alkyl halides is 13. The minimum atomic E-state index is -8.01. The highest BCUT2D eigenvalue weighted by atomic mass is 32.2. The fraction of sp³-hybridized carbons (Fsp3) is 0.643. The zero-order chi connectivity index (χ0) is 28.2. The first kappa shape index (κ1) is 34.1. The number of carbonyl (C=O) groups excluding carboxylic acids is 1. The molecule has 0 aromatic heterocycles. The maximum Gasteiger partial charge on any atom is 0.460 e. The first-order valence-electron chi connectivity index (χ1n) is 7.69. The van der Waals surface area contributed by atoms with Crippen molar-refractivity contribution >= 4 is 16.1 Å². The van der Waals surface area contributed by atoms with Gasteiger partial charge in [0.25, 0.3) is 10.1 Å². The van der Waals surface area contributed by atoms with Crippen LogP contribution in [0.1, 0.15) is 6.42 Å². The summed E-state index contributed by atoms with van der Waals surface area (Å²) < 4.78 is 197. The highest BCUT2D eigenvalue weighted by Crippen LogP contribution is 2.60. The fourth-order valence-electron chi connectivity index (χ4n) is 1.52. The predicted octanol–water partition coefficient (Wildman–Crippen LogP) is 4.22. The first-order valence-corrected chi connectivity index (χ1v) is 9.19. The molecule has 0 saturated heterocycles. The van der Waals surface area contributed by atoms with Crippen LogP contribution in [-0.2, 0) is 19.6 Å². The minimum Gasteiger partial charge on any atom is -0.460 e. The normalized spacial score (nSPS) is 15.0. The smallest absolute Gasteiger partial charge is 0.460 e. The topological polar surface area (TPSA) is 101 Å². The van der Waals surface area contributed by atoms with Gasteiger partial charge in [-0.15, -0.1) is 0 Å². The highest BCUT2D eigenvalue weighted by Gasteiger charge is 2.90. The molecule has 0 aliphatic carbocycles. The molecule has 0 radical (unpaired) electrons. The molecule has 6 nitrogen and oxygen atoms in total. The van der Waals surface area contributed by atoms with E-state index in [1.807, 2.05) is 0 Å². The lowest BCUT2D eigenvalue weighted by atomic mass is 9.91. The van der Waals surface area contributed by atoms with Crippen LogP contribution in [0.15, 0.2) is 24.6 Å². The monoisotopic (exact) mass is 556 g/mol. The number of hydrogen-bond donors (Lipinski definition) is 2. The third-order valence-corrected chi connectivity index (χ3v) is 3.71. The molecule has 0 bridgehead atoms. The van der Waals surface area contributed by atoms with Crippen LogP contribution in [-0.4, -0.2) is 72.5 Å². The average Bonchev–Trinajstić information content (AvgIpc) is 2.64. The van der Waals surface area contributed by atoms with Gasteiger partial charge in [0.15, 0.2) is 0 Å². The van der Waals surface area contributed by atoms with Crippen LogP contribution in [0.25, 0.3) is 0 Å². The average molecular weight is 556 g/mol. The number of hydrogen-bond acceptors (Lipinski definition) is 5. The summed E-state index contributed by atoms with van der Waals surface area (Å²) in [4.78, 5) is 10.6. The summed E-state index contributed by atoms with van der Waals surface area (Å²) >= 11 is 0. The molecule has 0 rings (SSSR count). The number of esters is 1. The molecule has 0 aromatic carbocycles. The number of aliphatic hydroxyl groups excluding tert-OH is 1. The van der Waals surface area contributed by atoms with Crippen molar-refractivity contribution in [3.05, 3.63) is 24.6 Å². The van der Waals surface area contributed by atoms with Crippen molar-refractivity contribution in [1.82, 2.24) is 0 Å². The maximum absolute atomic E-state index is 13.4. The maximum atomic E-state index is 13.4. The van der Waals surface area contributed by atoms with Gasteiger partial charge in [-0.05, 0) is 0 Å². The highest BCUT2D eigenvalue weighted by molar-refractivity contribution is 7.88. The van der Waals surface area contributed by atoms with Crippen LogP contribution < -0.4 is 0 Å². The van der Waals surface area contributed by atoms with E-state index in [9.17, 15) is 70.3 Å². The van der Waals surface area contributed by atoms with Crippen LogP contribution in [0.5, 0.6) is 0 Å². The van der Waals surface area contributed by atoms with Crippen LogP contribution >= 0.6 is 0 Å². The number of rotatable bonds is 10. The van der Waals surface area contributed by atoms with Gasteiger partial charge in [-0.3, -0.25) is 4.55 Å². The molecule has 20 heteroatoms. The van der Waals surface area contributed by atoms with E-state index in [0.29, 0.717) is 11.5 Å². The van der Waals surface area contributed by atoms with Crippen LogP contribution in [0, 0.1) is 0 Å². The number of carbonyl (C=O) groups is 1. The minimum absolute atomic E-state index is 0.382. The third kappa shape index (κ3) is 7.45. The number of halogens is 13. The van der Waals surface area contributed by atoms with E-state index in [0.717, 1.165) is 0 Å². The van der Waals surface area contributed by atoms with Crippen LogP contribution in [0.3, 0.4) is 0 Å². The summed E-state index contributed by atoms with van der Waals surface area (Å²) in [5.74, 6) is -39.1. The Hall–Kier alpha value is -2.09. The van der Waals surface area contributed by atoms with Gasteiger partial charge in [0.05, 0.1) is 11.5 Å². The van der Waals surface area contributed by atoms with E-state index < -0.39 is 71.0 Å². The Balaban J connectivity index is 0. The van der Waals surface area contributed by atoms with Gasteiger partial charge in [0, 0.05) is 12.5 Å². The zero-order valence-corrected chi connectivity index (χ0v) is 16.7. The molecule has 0 heterocycles. The summed E-state index contributed by atoms with van der Waals surface area (Å²) in [7, 11) is -3.90. The molecule has 1 unspecified atom stereocenters. The molecule has 0 amide bonds. The molecule has 0 spiro atoms. The second-order valence-corrected chi connectivity index (χ2v) is 7.24. The summed E-state index contributed by atoms with van der Waals surface area (Å²) in [6.45, 7) is 4.01. The van der Waals surface area contributed by atoms with E-state index in [1.54, 1.807) is 0 Å². The van der Waals surface area contributed by atoms with E-state index in [1.165, 1.54) is 0 Å². The molecular formula is C14H13F13O6S. The number of aliphatic hydroxyl groups is 1. The predicted molar refractivity (Wildman–Crippen MR) is 84.3 cm³/mol. The lowest BCUT2D eigenvalue weighted by Crippen LogP contribution is -2.70. The van der Waals surface area contributed by atoms with Crippen molar-refractivity contribution in [3.63, 3.8) is 0 Å². The molecular weight excluding hydrogens is 543 g/mol. The molecule has 0 fully saturated rings. The Bertz CT molecular complexity index is 824. The Morgan fingerprint density at radius 2 is 1.18 bits per heavy atom. The summed E-state index contributed by atoms with van der Waals surface area (Å²) in [5.41, 5.74) is 0. The molecule has 1 atom stereocenters. The molecule has 202 valence electrons. The lowest BCUT2D eigenvalue weighted by molar-refractivity contribution is -0.440. The molecule has 0 aliphatic heterocycles. The van der Waals surface area contributed by atoms with Gasteiger partial charge in [0.1, 0.15) is 6.61 Å². The van der Waals surface area contributed by atoms with Crippen molar-refractivity contribution in [2.75, 3.05) is 6.61 Å². The van der Waals surface area contributed by atoms with Gasteiger partial charge < -0.3 is 9.84 Å². The second kappa shape index (κ2) is 10.7. The quantitative estimate of drug-likeness (QED) is 0.181. The van der Waals surface area contributed by atoms with Gasteiger partial charge in [-0.1, -0.05) is 13.2 Å². The van der Waals surface area contributed by atoms with Crippen molar-refractivity contribution in [2.24, 2.45) is 0 Å². The van der Waals surface area contributed by atoms with Crippen molar-refractivity contribution in [1.29, 1.82) is 0 Å². The van der Waals surface area contributed by atoms with E-state index in [2.05, 4.69) is 17.9 Å². The third-order valence-electron chi connectivity index (χ3n) is 3.29. The van der Waals surface area contributed by atoms with Crippen LogP contribution in [0.4, 0.5) is 57.1 Å². The molecule has 0 aliphatic rings. The fourth-order valence-corrected chi connectivity index (χ4v) is 1.52. The van der Waals surface area contributed by atoms with Gasteiger partial charge in [-0.25, -0.2) is 4.79 Å². The van der Waals surface area contributed by atoms with Crippen molar-refractivity contribution < 1.29 is 84.7 Å². The van der Waals surface area contributed by atoms with Gasteiger partial charge in [-0.2, -0.15) is 65.5 Å². The zero-order valence-electron chi connectivity index (χ0n) is 15.9. The standard InChI is InChI=1S/C12H9F13O3.C2H4O3S/c1-2-6(27)28-4-5(26)3-7(13,14)8(15,16)9(17,18)10(19,20)11(21,22)12(23,24)25;1-2-6(3,4)5/h2,5,26H,1,3-4H2;2H,1H2,(H,3,4,5). The summed E-state index contributed by atoms with van der Waals surface area (Å²) in [6.07, 6.45) is -12.9. The lowest BCUT2D eigenvalue weighted by Gasteiger charge is -2.40. The van der Waals surface area contributed by atoms with E-state index >= 15 is 0 Å². The molecule has 0 aromatic rings. The van der Waals surface area contributed by atoms with Gasteiger partial charge in [0.2, 0.25) is 0 Å². The molecule has 34 heavy (non-hydrogen) atoms. The Morgan fingerprint density at radius 1 is 0.824 bits per heavy atom. The van der Waals surface area contributed by atoms with Crippen molar-refractivity contribution in [2.45, 2.75) is 48.3 Å². The van der Waals surface area contributed by atoms with Crippen molar-refractivity contribution in [3.8, 4) is 0 Å². The van der Waals surface area contributed by atoms with Gasteiger partial charge >= 0.3 is 41.8 Å². The molecule has 2 N–H and O–H groups in total. The summed E-state index contributed by atoms with van der Waals surface area (Å²) in [5, 5.41) is 9.43. The Labute approximate surface area is 181 Å². The van der Waals surface area contributed by atoms with E-state index in [-0.39, 0.29) is 0 Å². The molecule has 0 saturated carbocycles. The van der Waals surface area contributed by atoms with E-state index in [4.69, 9.17) is 9.66 Å². The largest absolute Gasteiger partial charge is 0.460 e. The SMILES string of the molecule is C=CC(=O)OCC(O)CC(F)(F)C(F)(F)C(F)(F)C(F)(F)C(F)(F)C(F)(F)F.C=CS(=O)(=O)O. The van der Waals surface area contributed by atoms with Crippen LogP contribution in [0.2, 0.25) is 0 Å². The summed E-state index contributed by atoms with van der Waals surface area (Å²) in [6, 6.07) is 0. The second-order valence-electron chi connectivity index (χ2n) is 5.87. The Morgan fingerprint density at radius 3 is 1.47 bits per heavy atom.